The highest BCUT2D eigenvalue weighted by atomic mass is 16.5. The van der Waals surface area contributed by atoms with Crippen LogP contribution in [-0.2, 0) is 17.8 Å². The van der Waals surface area contributed by atoms with Crippen molar-refractivity contribution in [3.05, 3.63) is 41.7 Å². The lowest BCUT2D eigenvalue weighted by Gasteiger charge is -2.34. The summed E-state index contributed by atoms with van der Waals surface area (Å²) in [5.41, 5.74) is 3.07. The normalized spacial score (nSPS) is 21.3. The van der Waals surface area contributed by atoms with E-state index in [1.54, 1.807) is 0 Å². The highest BCUT2D eigenvalue weighted by Gasteiger charge is 2.26. The fraction of sp³-hybridized carbons (Fsp3) is 0.476. The highest BCUT2D eigenvalue weighted by Crippen LogP contribution is 2.38. The molecular weight excluding hydrogens is 342 g/mol. The molecule has 0 aliphatic carbocycles. The Bertz CT molecular complexity index is 845. The number of ether oxygens (including phenoxy) is 2. The van der Waals surface area contributed by atoms with Crippen molar-refractivity contribution in [3.8, 4) is 11.5 Å². The summed E-state index contributed by atoms with van der Waals surface area (Å²) in [7, 11) is 0. The largest absolute Gasteiger partial charge is 0.492 e. The van der Waals surface area contributed by atoms with Gasteiger partial charge in [0.1, 0.15) is 17.6 Å². The molecule has 4 rings (SSSR count). The first-order valence-electron chi connectivity index (χ1n) is 9.70. The number of carbonyl (C=O) groups excluding carboxylic acids is 1. The molecule has 2 unspecified atom stereocenters. The average Bonchev–Trinajstić information content (AvgIpc) is 3.23. The molecule has 2 aliphatic rings. The minimum atomic E-state index is -0.0335. The number of carbonyl (C=O) groups is 1. The van der Waals surface area contributed by atoms with E-state index in [0.29, 0.717) is 24.6 Å². The van der Waals surface area contributed by atoms with Gasteiger partial charge in [-0.25, -0.2) is 0 Å². The maximum atomic E-state index is 12.7. The van der Waals surface area contributed by atoms with Crippen LogP contribution in [0.15, 0.2) is 30.5 Å². The topological polar surface area (TPSA) is 55.7 Å². The van der Waals surface area contributed by atoms with Crippen LogP contribution >= 0.6 is 0 Å². The second-order valence-corrected chi connectivity index (χ2v) is 7.34. The maximum absolute atomic E-state index is 12.7. The molecule has 3 heterocycles. The third-order valence-corrected chi connectivity index (χ3v) is 5.39. The molecule has 6 nitrogen and oxygen atoms in total. The molecule has 1 aromatic carbocycles. The second kappa shape index (κ2) is 7.27. The molecule has 0 fully saturated rings. The Labute approximate surface area is 160 Å². The Morgan fingerprint density at radius 2 is 2.19 bits per heavy atom. The summed E-state index contributed by atoms with van der Waals surface area (Å²) >= 11 is 0. The predicted octanol–water partition coefficient (Wildman–Crippen LogP) is 3.23. The summed E-state index contributed by atoms with van der Waals surface area (Å²) in [5, 5.41) is 3.03. The summed E-state index contributed by atoms with van der Waals surface area (Å²) in [6.07, 6.45) is 3.13. The van der Waals surface area contributed by atoms with E-state index in [9.17, 15) is 4.79 Å². The summed E-state index contributed by atoms with van der Waals surface area (Å²) in [5.74, 6) is 1.52. The molecule has 6 heteroatoms. The van der Waals surface area contributed by atoms with Crippen LogP contribution < -0.4 is 14.8 Å². The SMILES string of the molecule is CCOc1cc2c(cc1NC(=O)CN1CCn3cccc3C1C)OC(C)C2. The van der Waals surface area contributed by atoms with Crippen molar-refractivity contribution in [2.45, 2.75) is 45.9 Å². The summed E-state index contributed by atoms with van der Waals surface area (Å²) in [4.78, 5) is 14.9. The van der Waals surface area contributed by atoms with Crippen molar-refractivity contribution in [1.82, 2.24) is 9.47 Å². The van der Waals surface area contributed by atoms with E-state index < -0.39 is 0 Å². The molecule has 1 amide bonds. The van der Waals surface area contributed by atoms with Crippen molar-refractivity contribution in [3.63, 3.8) is 0 Å². The number of anilines is 1. The standard InChI is InChI=1S/C21H27N3O3/c1-4-26-20-11-16-10-14(2)27-19(16)12-17(20)22-21(25)13-24-9-8-23-7-5-6-18(23)15(24)3/h5-7,11-12,14-15H,4,8-10,13H2,1-3H3,(H,22,25). The first kappa shape index (κ1) is 17.9. The number of aromatic nitrogens is 1. The van der Waals surface area contributed by atoms with Crippen LogP contribution in [0, 0.1) is 0 Å². The van der Waals surface area contributed by atoms with Gasteiger partial charge in [-0.15, -0.1) is 0 Å². The number of nitrogens with zero attached hydrogens (tertiary/aromatic N) is 2. The average molecular weight is 369 g/mol. The zero-order chi connectivity index (χ0) is 19.0. The lowest BCUT2D eigenvalue weighted by atomic mass is 10.1. The van der Waals surface area contributed by atoms with E-state index in [2.05, 4.69) is 40.0 Å². The Hall–Kier alpha value is -2.47. The number of benzene rings is 1. The molecular formula is C21H27N3O3. The number of rotatable bonds is 5. The summed E-state index contributed by atoms with van der Waals surface area (Å²) in [6.45, 7) is 8.82. The Morgan fingerprint density at radius 1 is 1.33 bits per heavy atom. The zero-order valence-corrected chi connectivity index (χ0v) is 16.2. The van der Waals surface area contributed by atoms with Gasteiger partial charge in [-0.1, -0.05) is 0 Å². The molecule has 2 aromatic rings. The molecule has 0 bridgehead atoms. The van der Waals surface area contributed by atoms with Crippen LogP contribution in [0.25, 0.3) is 0 Å². The van der Waals surface area contributed by atoms with Crippen molar-refractivity contribution >= 4 is 11.6 Å². The third-order valence-electron chi connectivity index (χ3n) is 5.39. The molecule has 2 atom stereocenters. The third kappa shape index (κ3) is 3.54. The van der Waals surface area contributed by atoms with Gasteiger partial charge in [-0.05, 0) is 39.0 Å². The molecule has 0 spiro atoms. The van der Waals surface area contributed by atoms with Crippen molar-refractivity contribution < 1.29 is 14.3 Å². The maximum Gasteiger partial charge on any atom is 0.238 e. The number of amides is 1. The van der Waals surface area contributed by atoms with Crippen molar-refractivity contribution in [2.24, 2.45) is 0 Å². The van der Waals surface area contributed by atoms with Crippen LogP contribution in [0.5, 0.6) is 11.5 Å². The molecule has 27 heavy (non-hydrogen) atoms. The number of nitrogens with one attached hydrogen (secondary N) is 1. The summed E-state index contributed by atoms with van der Waals surface area (Å²) in [6, 6.07) is 8.30. The van der Waals surface area contributed by atoms with Gasteiger partial charge in [0.15, 0.2) is 0 Å². The highest BCUT2D eigenvalue weighted by molar-refractivity contribution is 5.94. The van der Waals surface area contributed by atoms with E-state index in [0.717, 1.165) is 30.8 Å². The van der Waals surface area contributed by atoms with Crippen molar-refractivity contribution in [2.75, 3.05) is 25.0 Å². The monoisotopic (exact) mass is 369 g/mol. The minimum Gasteiger partial charge on any atom is -0.492 e. The van der Waals surface area contributed by atoms with E-state index >= 15 is 0 Å². The van der Waals surface area contributed by atoms with Gasteiger partial charge >= 0.3 is 0 Å². The first-order valence-corrected chi connectivity index (χ1v) is 9.70. The molecule has 144 valence electrons. The van der Waals surface area contributed by atoms with Crippen LogP contribution in [0.3, 0.4) is 0 Å². The van der Waals surface area contributed by atoms with Crippen LogP contribution in [0.1, 0.15) is 38.1 Å². The predicted molar refractivity (Wildman–Crippen MR) is 104 cm³/mol. The number of hydrogen-bond acceptors (Lipinski definition) is 4. The second-order valence-electron chi connectivity index (χ2n) is 7.34. The van der Waals surface area contributed by atoms with Gasteiger partial charge in [-0.3, -0.25) is 9.69 Å². The zero-order valence-electron chi connectivity index (χ0n) is 16.2. The van der Waals surface area contributed by atoms with Gasteiger partial charge in [0.2, 0.25) is 5.91 Å². The summed E-state index contributed by atoms with van der Waals surface area (Å²) < 4.78 is 13.9. The number of fused-ring (bicyclic) bond motifs is 2. The fourth-order valence-corrected chi connectivity index (χ4v) is 4.03. The Kier molecular flexibility index (Phi) is 4.83. The molecule has 0 saturated carbocycles. The van der Waals surface area contributed by atoms with E-state index in [1.165, 1.54) is 5.69 Å². The molecule has 2 aliphatic heterocycles. The fourth-order valence-electron chi connectivity index (χ4n) is 4.03. The van der Waals surface area contributed by atoms with Crippen LogP contribution in [0.4, 0.5) is 5.69 Å². The Balaban J connectivity index is 1.47. The Morgan fingerprint density at radius 3 is 3.00 bits per heavy atom. The lowest BCUT2D eigenvalue weighted by molar-refractivity contribution is -0.118. The quantitative estimate of drug-likeness (QED) is 0.879. The van der Waals surface area contributed by atoms with Crippen LogP contribution in [0.2, 0.25) is 0 Å². The van der Waals surface area contributed by atoms with E-state index in [1.807, 2.05) is 26.0 Å². The van der Waals surface area contributed by atoms with Crippen LogP contribution in [-0.4, -0.2) is 41.2 Å². The first-order chi connectivity index (χ1) is 13.0. The van der Waals surface area contributed by atoms with Gasteiger partial charge in [0.25, 0.3) is 0 Å². The van der Waals surface area contributed by atoms with E-state index in [-0.39, 0.29) is 18.1 Å². The minimum absolute atomic E-state index is 0.0335. The van der Waals surface area contributed by atoms with Crippen molar-refractivity contribution in [1.29, 1.82) is 0 Å². The van der Waals surface area contributed by atoms with Gasteiger partial charge in [0, 0.05) is 49.1 Å². The molecule has 1 aromatic heterocycles. The lowest BCUT2D eigenvalue weighted by Crippen LogP contribution is -2.41. The molecule has 1 N–H and O–H groups in total. The number of hydrogen-bond donors (Lipinski definition) is 1. The van der Waals surface area contributed by atoms with E-state index in [4.69, 9.17) is 9.47 Å². The van der Waals surface area contributed by atoms with Gasteiger partial charge < -0.3 is 19.4 Å². The molecule has 0 saturated heterocycles. The smallest absolute Gasteiger partial charge is 0.238 e. The van der Waals surface area contributed by atoms with Gasteiger partial charge in [-0.2, -0.15) is 0 Å². The van der Waals surface area contributed by atoms with Gasteiger partial charge in [0.05, 0.1) is 18.8 Å². The molecule has 0 radical (unpaired) electrons.